The Morgan fingerprint density at radius 3 is 2.67 bits per heavy atom. The van der Waals surface area contributed by atoms with Gasteiger partial charge in [0.25, 0.3) is 0 Å². The van der Waals surface area contributed by atoms with Crippen LogP contribution in [-0.4, -0.2) is 20.2 Å². The van der Waals surface area contributed by atoms with Crippen molar-refractivity contribution in [1.29, 1.82) is 0 Å². The second-order valence-electron chi connectivity index (χ2n) is 4.87. The van der Waals surface area contributed by atoms with Gasteiger partial charge in [-0.2, -0.15) is 0 Å². The average molecular weight is 288 g/mol. The molecule has 3 nitrogen and oxygen atoms in total. The van der Waals surface area contributed by atoms with E-state index < -0.39 is 0 Å². The Morgan fingerprint density at radius 1 is 1.14 bits per heavy atom. The van der Waals surface area contributed by atoms with Crippen molar-refractivity contribution in [2.45, 2.75) is 13.0 Å². The molecule has 112 valence electrons. The summed E-state index contributed by atoms with van der Waals surface area (Å²) in [6.45, 7) is 2.04. The van der Waals surface area contributed by atoms with Crippen molar-refractivity contribution >= 4 is 5.69 Å². The molecule has 2 aromatic rings. The lowest BCUT2D eigenvalue weighted by molar-refractivity contribution is 0.414. The fourth-order valence-electron chi connectivity index (χ4n) is 2.31. The van der Waals surface area contributed by atoms with Gasteiger partial charge in [0.05, 0.1) is 12.8 Å². The number of methoxy groups -OCH3 is 1. The van der Waals surface area contributed by atoms with Crippen molar-refractivity contribution in [2.24, 2.45) is 5.73 Å². The Bertz CT molecular complexity index is 574. The molecule has 2 N–H and O–H groups in total. The molecule has 0 aliphatic carbocycles. The second kappa shape index (κ2) is 7.64. The van der Waals surface area contributed by atoms with E-state index in [4.69, 9.17) is 10.5 Å². The summed E-state index contributed by atoms with van der Waals surface area (Å²) in [7, 11) is 1.65. The van der Waals surface area contributed by atoms with Crippen LogP contribution in [0, 0.1) is 5.82 Å². The van der Waals surface area contributed by atoms with E-state index >= 15 is 0 Å². The van der Waals surface area contributed by atoms with Gasteiger partial charge in [-0.15, -0.1) is 0 Å². The molecule has 21 heavy (non-hydrogen) atoms. The first-order valence-electron chi connectivity index (χ1n) is 7.07. The third-order valence-electron chi connectivity index (χ3n) is 3.32. The number of para-hydroxylation sites is 2. The number of hydrogen-bond acceptors (Lipinski definition) is 3. The first kappa shape index (κ1) is 15.3. The summed E-state index contributed by atoms with van der Waals surface area (Å²) in [6.07, 6.45) is 0.868. The molecule has 0 spiro atoms. The lowest BCUT2D eigenvalue weighted by Gasteiger charge is -2.26. The van der Waals surface area contributed by atoms with Crippen LogP contribution in [-0.2, 0) is 6.54 Å². The Hall–Kier alpha value is -2.07. The standard InChI is InChI=1S/C17H21FN2O/c1-21-17-9-3-2-8-16(17)20(11-5-10-19)13-14-6-4-7-15(18)12-14/h2-4,6-9,12H,5,10-11,13,19H2,1H3. The molecule has 0 aromatic heterocycles. The predicted octanol–water partition coefficient (Wildman–Crippen LogP) is 3.19. The number of anilines is 1. The Morgan fingerprint density at radius 2 is 1.95 bits per heavy atom. The number of rotatable bonds is 7. The molecule has 0 unspecified atom stereocenters. The predicted molar refractivity (Wildman–Crippen MR) is 84.1 cm³/mol. The van der Waals surface area contributed by atoms with Crippen molar-refractivity contribution in [3.05, 3.63) is 59.9 Å². The molecule has 0 amide bonds. The first-order chi connectivity index (χ1) is 10.2. The third kappa shape index (κ3) is 4.20. The summed E-state index contributed by atoms with van der Waals surface area (Å²) < 4.78 is 18.8. The summed E-state index contributed by atoms with van der Waals surface area (Å²) >= 11 is 0. The van der Waals surface area contributed by atoms with Crippen LogP contribution in [0.4, 0.5) is 10.1 Å². The molecular formula is C17H21FN2O. The van der Waals surface area contributed by atoms with E-state index in [1.54, 1.807) is 19.2 Å². The zero-order chi connectivity index (χ0) is 15.1. The maximum atomic E-state index is 13.4. The van der Waals surface area contributed by atoms with Crippen molar-refractivity contribution in [1.82, 2.24) is 0 Å². The summed E-state index contributed by atoms with van der Waals surface area (Å²) in [6, 6.07) is 14.5. The first-order valence-corrected chi connectivity index (χ1v) is 7.07. The van der Waals surface area contributed by atoms with E-state index in [-0.39, 0.29) is 5.82 Å². The Balaban J connectivity index is 2.25. The molecular weight excluding hydrogens is 267 g/mol. The number of nitrogens with two attached hydrogens (primary N) is 1. The lowest BCUT2D eigenvalue weighted by atomic mass is 10.1. The third-order valence-corrected chi connectivity index (χ3v) is 3.32. The van der Waals surface area contributed by atoms with Crippen LogP contribution in [0.3, 0.4) is 0 Å². The van der Waals surface area contributed by atoms with Gasteiger partial charge in [0.2, 0.25) is 0 Å². The van der Waals surface area contributed by atoms with Gasteiger partial charge >= 0.3 is 0 Å². The quantitative estimate of drug-likeness (QED) is 0.850. The van der Waals surface area contributed by atoms with Crippen LogP contribution < -0.4 is 15.4 Å². The molecule has 0 atom stereocenters. The van der Waals surface area contributed by atoms with Crippen molar-refractivity contribution in [2.75, 3.05) is 25.1 Å². The summed E-state index contributed by atoms with van der Waals surface area (Å²) in [5.41, 5.74) is 7.55. The SMILES string of the molecule is COc1ccccc1N(CCCN)Cc1cccc(F)c1. The van der Waals surface area contributed by atoms with Gasteiger partial charge < -0.3 is 15.4 Å². The van der Waals surface area contributed by atoms with Gasteiger partial charge in [-0.3, -0.25) is 0 Å². The van der Waals surface area contributed by atoms with Gasteiger partial charge in [0.15, 0.2) is 0 Å². The van der Waals surface area contributed by atoms with Gasteiger partial charge in [-0.05, 0) is 42.8 Å². The van der Waals surface area contributed by atoms with E-state index in [0.29, 0.717) is 13.1 Å². The Labute approximate surface area is 125 Å². The molecule has 0 saturated heterocycles. The van der Waals surface area contributed by atoms with E-state index in [0.717, 1.165) is 30.0 Å². The number of benzene rings is 2. The lowest BCUT2D eigenvalue weighted by Crippen LogP contribution is -2.26. The number of halogens is 1. The Kier molecular flexibility index (Phi) is 5.58. The van der Waals surface area contributed by atoms with Crippen LogP contribution in [0.25, 0.3) is 0 Å². The highest BCUT2D eigenvalue weighted by molar-refractivity contribution is 5.58. The molecule has 2 rings (SSSR count). The van der Waals surface area contributed by atoms with Crippen LogP contribution in [0.2, 0.25) is 0 Å². The van der Waals surface area contributed by atoms with Gasteiger partial charge in [-0.25, -0.2) is 4.39 Å². The van der Waals surface area contributed by atoms with Crippen molar-refractivity contribution in [3.8, 4) is 5.75 Å². The fourth-order valence-corrected chi connectivity index (χ4v) is 2.31. The molecule has 0 saturated carbocycles. The monoisotopic (exact) mass is 288 g/mol. The highest BCUT2D eigenvalue weighted by atomic mass is 19.1. The van der Waals surface area contributed by atoms with E-state index in [1.165, 1.54) is 6.07 Å². The van der Waals surface area contributed by atoms with Crippen LogP contribution in [0.15, 0.2) is 48.5 Å². The largest absolute Gasteiger partial charge is 0.495 e. The normalized spacial score (nSPS) is 10.4. The second-order valence-corrected chi connectivity index (χ2v) is 4.87. The van der Waals surface area contributed by atoms with Gasteiger partial charge in [0, 0.05) is 13.1 Å². The van der Waals surface area contributed by atoms with Crippen LogP contribution >= 0.6 is 0 Å². The molecule has 0 heterocycles. The minimum atomic E-state index is -0.216. The maximum absolute atomic E-state index is 13.4. The van der Waals surface area contributed by atoms with Gasteiger partial charge in [-0.1, -0.05) is 24.3 Å². The molecule has 2 aromatic carbocycles. The van der Waals surface area contributed by atoms with E-state index in [1.807, 2.05) is 30.3 Å². The number of nitrogens with zero attached hydrogens (tertiary/aromatic N) is 1. The smallest absolute Gasteiger partial charge is 0.142 e. The van der Waals surface area contributed by atoms with Crippen LogP contribution in [0.5, 0.6) is 5.75 Å². The van der Waals surface area contributed by atoms with Crippen LogP contribution in [0.1, 0.15) is 12.0 Å². The van der Waals surface area contributed by atoms with E-state index in [9.17, 15) is 4.39 Å². The van der Waals surface area contributed by atoms with Gasteiger partial charge in [0.1, 0.15) is 11.6 Å². The summed E-state index contributed by atoms with van der Waals surface area (Å²) in [5, 5.41) is 0. The summed E-state index contributed by atoms with van der Waals surface area (Å²) in [4.78, 5) is 2.17. The molecule has 0 fully saturated rings. The fraction of sp³-hybridized carbons (Fsp3) is 0.294. The molecule has 0 aliphatic rings. The number of hydrogen-bond donors (Lipinski definition) is 1. The van der Waals surface area contributed by atoms with Crippen molar-refractivity contribution < 1.29 is 9.13 Å². The average Bonchev–Trinajstić information content (AvgIpc) is 2.51. The topological polar surface area (TPSA) is 38.5 Å². The zero-order valence-corrected chi connectivity index (χ0v) is 12.3. The molecule has 0 aliphatic heterocycles. The molecule has 0 radical (unpaired) electrons. The van der Waals surface area contributed by atoms with E-state index in [2.05, 4.69) is 4.90 Å². The highest BCUT2D eigenvalue weighted by Crippen LogP contribution is 2.29. The molecule has 0 bridgehead atoms. The minimum absolute atomic E-state index is 0.216. The highest BCUT2D eigenvalue weighted by Gasteiger charge is 2.12. The molecule has 4 heteroatoms. The minimum Gasteiger partial charge on any atom is -0.495 e. The maximum Gasteiger partial charge on any atom is 0.142 e. The summed E-state index contributed by atoms with van der Waals surface area (Å²) in [5.74, 6) is 0.595. The van der Waals surface area contributed by atoms with Crippen molar-refractivity contribution in [3.63, 3.8) is 0 Å². The zero-order valence-electron chi connectivity index (χ0n) is 12.3. The number of ether oxygens (including phenoxy) is 1.